The Kier molecular flexibility index (Phi) is 7.13. The smallest absolute Gasteiger partial charge is 0.198 e. The molecule has 0 spiro atoms. The Bertz CT molecular complexity index is 736. The van der Waals surface area contributed by atoms with Crippen LogP contribution in [-0.2, 0) is 0 Å². The summed E-state index contributed by atoms with van der Waals surface area (Å²) in [5, 5.41) is 38.0. The number of rotatable bonds is 6. The van der Waals surface area contributed by atoms with E-state index in [9.17, 15) is 15.6 Å². The van der Waals surface area contributed by atoms with Gasteiger partial charge in [0.15, 0.2) is 5.60 Å². The molecule has 2 atom stereocenters. The summed E-state index contributed by atoms with van der Waals surface area (Å²) in [5.74, 6) is -0.425. The third-order valence-electron chi connectivity index (χ3n) is 5.37. The summed E-state index contributed by atoms with van der Waals surface area (Å²) in [6.45, 7) is 12.2. The van der Waals surface area contributed by atoms with Gasteiger partial charge in [-0.2, -0.15) is 10.5 Å². The summed E-state index contributed by atoms with van der Waals surface area (Å²) in [6.07, 6.45) is 7.56. The average Bonchev–Trinajstić information content (AvgIpc) is 2.56. The van der Waals surface area contributed by atoms with Gasteiger partial charge >= 0.3 is 0 Å². The molecule has 0 heterocycles. The molecule has 1 aliphatic carbocycles. The monoisotopic (exact) mass is 353 g/mol. The van der Waals surface area contributed by atoms with E-state index in [4.69, 9.17) is 5.41 Å². The van der Waals surface area contributed by atoms with Crippen molar-refractivity contribution in [3.8, 4) is 12.1 Å². The van der Waals surface area contributed by atoms with Crippen LogP contribution in [-0.4, -0.2) is 16.4 Å². The van der Waals surface area contributed by atoms with Gasteiger partial charge in [-0.3, -0.25) is 5.41 Å². The molecule has 0 amide bonds. The molecule has 0 aromatic rings. The Hall–Kier alpha value is -2.17. The highest BCUT2D eigenvalue weighted by molar-refractivity contribution is 6.10. The highest BCUT2D eigenvalue weighted by Gasteiger charge is 2.52. The first kappa shape index (κ1) is 21.9. The van der Waals surface area contributed by atoms with E-state index in [2.05, 4.69) is 32.9 Å². The zero-order chi connectivity index (χ0) is 20.1. The number of hydrogen-bond donors (Lipinski definition) is 2. The lowest BCUT2D eigenvalue weighted by Gasteiger charge is -2.44. The predicted octanol–water partition coefficient (Wildman–Crippen LogP) is 5.23. The largest absolute Gasteiger partial charge is 0.370 e. The number of aliphatic hydroxyl groups is 1. The van der Waals surface area contributed by atoms with E-state index in [1.54, 1.807) is 0 Å². The van der Waals surface area contributed by atoms with Gasteiger partial charge in [0, 0.05) is 5.92 Å². The molecule has 4 heteroatoms. The lowest BCUT2D eigenvalue weighted by atomic mass is 9.60. The molecule has 0 aliphatic heterocycles. The molecule has 0 radical (unpaired) electrons. The Morgan fingerprint density at radius 2 is 1.92 bits per heavy atom. The Morgan fingerprint density at radius 3 is 2.42 bits per heavy atom. The second-order valence-corrected chi connectivity index (χ2v) is 8.34. The van der Waals surface area contributed by atoms with Gasteiger partial charge in [0.05, 0.1) is 11.3 Å². The summed E-state index contributed by atoms with van der Waals surface area (Å²) in [5.41, 5.74) is 0.970. The van der Waals surface area contributed by atoms with E-state index in [1.807, 2.05) is 32.9 Å². The van der Waals surface area contributed by atoms with Crippen molar-refractivity contribution in [2.75, 3.05) is 0 Å². The van der Waals surface area contributed by atoms with E-state index >= 15 is 0 Å². The first-order chi connectivity index (χ1) is 12.0. The molecule has 4 nitrogen and oxygen atoms in total. The molecule has 26 heavy (non-hydrogen) atoms. The van der Waals surface area contributed by atoms with Crippen molar-refractivity contribution in [2.45, 2.75) is 72.8 Å². The van der Waals surface area contributed by atoms with E-state index in [1.165, 1.54) is 11.1 Å². The first-order valence-corrected chi connectivity index (χ1v) is 9.11. The van der Waals surface area contributed by atoms with Crippen LogP contribution in [0.5, 0.6) is 0 Å². The number of hydrogen-bond acceptors (Lipinski definition) is 4. The van der Waals surface area contributed by atoms with E-state index in [0.717, 1.165) is 18.4 Å². The molecule has 0 bridgehead atoms. The maximum atomic E-state index is 10.9. The third kappa shape index (κ3) is 4.71. The molecule has 0 saturated heterocycles. The maximum absolute atomic E-state index is 10.9. The van der Waals surface area contributed by atoms with Gasteiger partial charge in [0.2, 0.25) is 0 Å². The zero-order valence-corrected chi connectivity index (χ0v) is 16.9. The molecule has 0 fully saturated rings. The van der Waals surface area contributed by atoms with E-state index < -0.39 is 11.5 Å². The predicted molar refractivity (Wildman–Crippen MR) is 106 cm³/mol. The van der Waals surface area contributed by atoms with Crippen molar-refractivity contribution in [1.82, 2.24) is 0 Å². The van der Waals surface area contributed by atoms with Crippen LogP contribution in [0.2, 0.25) is 0 Å². The second-order valence-electron chi connectivity index (χ2n) is 8.34. The topological polar surface area (TPSA) is 91.7 Å². The first-order valence-electron chi connectivity index (χ1n) is 9.11. The molecule has 2 N–H and O–H groups in total. The summed E-state index contributed by atoms with van der Waals surface area (Å²) in [7, 11) is 0. The number of nitrogens with one attached hydrogen (secondary N) is 1. The fraction of sp³-hybridized carbons (Fsp3) is 0.591. The standard InChI is InChI=1S/C22H31N3O/c1-15(2)8-7-9-16(3)10-11-21(5,6)19-12-17(4)18(13-23)20(25)22(19,26)14-24/h8,10,19,25-26H,7,9,11-12H2,1-6H3/b16-10+,25-20?. The van der Waals surface area contributed by atoms with Crippen LogP contribution in [0, 0.1) is 39.4 Å². The number of allylic oxidation sites excluding steroid dienone is 5. The van der Waals surface area contributed by atoms with Gasteiger partial charge in [-0.05, 0) is 58.8 Å². The summed E-state index contributed by atoms with van der Waals surface area (Å²) < 4.78 is 0. The Labute approximate surface area is 158 Å². The molecular weight excluding hydrogens is 322 g/mol. The average molecular weight is 354 g/mol. The molecule has 0 aromatic heterocycles. The molecule has 2 unspecified atom stereocenters. The lowest BCUT2D eigenvalue weighted by Crippen LogP contribution is -2.53. The van der Waals surface area contributed by atoms with Crippen molar-refractivity contribution in [2.24, 2.45) is 11.3 Å². The Balaban J connectivity index is 3.06. The fourth-order valence-electron chi connectivity index (χ4n) is 3.53. The van der Waals surface area contributed by atoms with Gasteiger partial charge in [0.1, 0.15) is 12.1 Å². The van der Waals surface area contributed by atoms with Crippen LogP contribution in [0.3, 0.4) is 0 Å². The maximum Gasteiger partial charge on any atom is 0.198 e. The van der Waals surface area contributed by atoms with Gasteiger partial charge in [-0.25, -0.2) is 0 Å². The fourth-order valence-corrected chi connectivity index (χ4v) is 3.53. The van der Waals surface area contributed by atoms with Gasteiger partial charge < -0.3 is 5.11 Å². The van der Waals surface area contributed by atoms with E-state index in [0.29, 0.717) is 12.8 Å². The van der Waals surface area contributed by atoms with Crippen molar-refractivity contribution in [3.05, 3.63) is 34.4 Å². The lowest BCUT2D eigenvalue weighted by molar-refractivity contribution is 0.0256. The number of nitriles is 2. The highest BCUT2D eigenvalue weighted by atomic mass is 16.3. The van der Waals surface area contributed by atoms with Crippen LogP contribution >= 0.6 is 0 Å². The zero-order valence-electron chi connectivity index (χ0n) is 16.9. The third-order valence-corrected chi connectivity index (χ3v) is 5.37. The summed E-state index contributed by atoms with van der Waals surface area (Å²) in [6, 6.07) is 3.90. The summed E-state index contributed by atoms with van der Waals surface area (Å²) in [4.78, 5) is 0. The van der Waals surface area contributed by atoms with Crippen molar-refractivity contribution in [3.63, 3.8) is 0 Å². The van der Waals surface area contributed by atoms with Crippen molar-refractivity contribution >= 4 is 5.71 Å². The molecular formula is C22H31N3O. The quantitative estimate of drug-likeness (QED) is 0.506. The second kappa shape index (κ2) is 8.47. The minimum absolute atomic E-state index is 0.148. The van der Waals surface area contributed by atoms with Crippen molar-refractivity contribution < 1.29 is 5.11 Å². The normalized spacial score (nSPS) is 24.1. The van der Waals surface area contributed by atoms with Crippen LogP contribution in [0.25, 0.3) is 0 Å². The minimum Gasteiger partial charge on any atom is -0.370 e. The van der Waals surface area contributed by atoms with Crippen LogP contribution in [0.4, 0.5) is 0 Å². The van der Waals surface area contributed by atoms with Crippen LogP contribution in [0.15, 0.2) is 34.4 Å². The minimum atomic E-state index is -1.92. The highest BCUT2D eigenvalue weighted by Crippen LogP contribution is 2.46. The van der Waals surface area contributed by atoms with E-state index in [-0.39, 0.29) is 16.7 Å². The molecule has 0 aromatic carbocycles. The summed E-state index contributed by atoms with van der Waals surface area (Å²) >= 11 is 0. The van der Waals surface area contributed by atoms with Crippen LogP contribution in [0.1, 0.15) is 67.2 Å². The van der Waals surface area contributed by atoms with Gasteiger partial charge in [0.25, 0.3) is 0 Å². The van der Waals surface area contributed by atoms with Crippen molar-refractivity contribution in [1.29, 1.82) is 15.9 Å². The van der Waals surface area contributed by atoms with Gasteiger partial charge in [-0.15, -0.1) is 0 Å². The number of nitrogens with zero attached hydrogens (tertiary/aromatic N) is 2. The molecule has 1 aliphatic rings. The molecule has 140 valence electrons. The molecule has 0 saturated carbocycles. The SMILES string of the molecule is CC(C)=CCC/C(C)=C/CC(C)(C)C1CC(C)=C(C#N)C(=N)C1(O)C#N. The van der Waals surface area contributed by atoms with Crippen LogP contribution < -0.4 is 0 Å². The van der Waals surface area contributed by atoms with Gasteiger partial charge in [-0.1, -0.05) is 42.7 Å². The molecule has 1 rings (SSSR count). The Morgan fingerprint density at radius 1 is 1.31 bits per heavy atom.